The van der Waals surface area contributed by atoms with Crippen LogP contribution in [0.25, 0.3) is 10.8 Å². The van der Waals surface area contributed by atoms with Gasteiger partial charge in [0.1, 0.15) is 5.78 Å². The Morgan fingerprint density at radius 2 is 2.00 bits per heavy atom. The predicted octanol–water partition coefficient (Wildman–Crippen LogP) is 2.74. The Balaban J connectivity index is 2.02. The van der Waals surface area contributed by atoms with Gasteiger partial charge >= 0.3 is 0 Å². The standard InChI is InChI=1S/C16H19N3O/c1-11-14-7-3-4-8-15(14)16(18-17-11)19-9-5-6-13(10-19)12(2)20/h3-4,7-8,13H,5-6,9-10H2,1-2H3. The van der Waals surface area contributed by atoms with Crippen molar-refractivity contribution in [2.24, 2.45) is 5.92 Å². The fraction of sp³-hybridized carbons (Fsp3) is 0.438. The van der Waals surface area contributed by atoms with Gasteiger partial charge in [-0.3, -0.25) is 4.79 Å². The second-order valence-electron chi connectivity index (χ2n) is 5.55. The van der Waals surface area contributed by atoms with Gasteiger partial charge in [-0.2, -0.15) is 5.10 Å². The molecule has 0 radical (unpaired) electrons. The summed E-state index contributed by atoms with van der Waals surface area (Å²) in [7, 11) is 0. The van der Waals surface area contributed by atoms with Crippen LogP contribution in [-0.2, 0) is 4.79 Å². The molecule has 0 N–H and O–H groups in total. The first-order chi connectivity index (χ1) is 9.66. The molecule has 0 saturated carbocycles. The predicted molar refractivity (Wildman–Crippen MR) is 79.9 cm³/mol. The second kappa shape index (κ2) is 5.19. The minimum absolute atomic E-state index is 0.130. The van der Waals surface area contributed by atoms with E-state index in [1.807, 2.05) is 19.1 Å². The van der Waals surface area contributed by atoms with E-state index < -0.39 is 0 Å². The van der Waals surface area contributed by atoms with Crippen molar-refractivity contribution in [3.05, 3.63) is 30.0 Å². The summed E-state index contributed by atoms with van der Waals surface area (Å²) >= 11 is 0. The van der Waals surface area contributed by atoms with Crippen LogP contribution in [-0.4, -0.2) is 29.1 Å². The number of rotatable bonds is 2. The molecule has 20 heavy (non-hydrogen) atoms. The molecule has 1 aromatic carbocycles. The monoisotopic (exact) mass is 269 g/mol. The Bertz CT molecular complexity index is 653. The van der Waals surface area contributed by atoms with E-state index in [1.165, 1.54) is 0 Å². The van der Waals surface area contributed by atoms with Crippen molar-refractivity contribution in [2.75, 3.05) is 18.0 Å². The highest BCUT2D eigenvalue weighted by molar-refractivity contribution is 5.93. The topological polar surface area (TPSA) is 46.1 Å². The van der Waals surface area contributed by atoms with Gasteiger partial charge in [-0.15, -0.1) is 5.10 Å². The quantitative estimate of drug-likeness (QED) is 0.841. The molecule has 0 amide bonds. The third-order valence-corrected chi connectivity index (χ3v) is 4.15. The lowest BCUT2D eigenvalue weighted by Crippen LogP contribution is -2.38. The molecule has 0 aliphatic carbocycles. The van der Waals surface area contributed by atoms with Crippen LogP contribution in [0.5, 0.6) is 0 Å². The Morgan fingerprint density at radius 3 is 2.75 bits per heavy atom. The van der Waals surface area contributed by atoms with Crippen LogP contribution in [0.4, 0.5) is 5.82 Å². The van der Waals surface area contributed by atoms with Crippen molar-refractivity contribution in [3.63, 3.8) is 0 Å². The lowest BCUT2D eigenvalue weighted by molar-refractivity contribution is -0.120. The van der Waals surface area contributed by atoms with Crippen LogP contribution in [0, 0.1) is 12.8 Å². The molecule has 1 saturated heterocycles. The van der Waals surface area contributed by atoms with E-state index in [1.54, 1.807) is 6.92 Å². The van der Waals surface area contributed by atoms with Crippen molar-refractivity contribution in [1.82, 2.24) is 10.2 Å². The summed E-state index contributed by atoms with van der Waals surface area (Å²) in [5, 5.41) is 10.9. The second-order valence-corrected chi connectivity index (χ2v) is 5.55. The number of benzene rings is 1. The highest BCUT2D eigenvalue weighted by atomic mass is 16.1. The summed E-state index contributed by atoms with van der Waals surface area (Å²) < 4.78 is 0. The van der Waals surface area contributed by atoms with Crippen LogP contribution < -0.4 is 4.90 Å². The number of anilines is 1. The molecular formula is C16H19N3O. The summed E-state index contributed by atoms with van der Waals surface area (Å²) in [6.45, 7) is 5.38. The van der Waals surface area contributed by atoms with Gasteiger partial charge in [-0.1, -0.05) is 24.3 Å². The SMILES string of the molecule is CC(=O)C1CCCN(c2nnc(C)c3ccccc23)C1. The number of hydrogen-bond donors (Lipinski definition) is 0. The molecule has 4 nitrogen and oxygen atoms in total. The zero-order valence-corrected chi connectivity index (χ0v) is 12.0. The van der Waals surface area contributed by atoms with Crippen LogP contribution in [0.15, 0.2) is 24.3 Å². The molecule has 1 aliphatic rings. The number of ketones is 1. The number of Topliss-reactive ketones (excluding diaryl/α,β-unsaturated/α-hetero) is 1. The third kappa shape index (κ3) is 2.26. The Kier molecular flexibility index (Phi) is 3.38. The van der Waals surface area contributed by atoms with Gasteiger partial charge in [0.2, 0.25) is 0 Å². The first-order valence-corrected chi connectivity index (χ1v) is 7.14. The number of carbonyl (C=O) groups is 1. The van der Waals surface area contributed by atoms with Crippen molar-refractivity contribution in [3.8, 4) is 0 Å². The molecular weight excluding hydrogens is 250 g/mol. The maximum absolute atomic E-state index is 11.6. The lowest BCUT2D eigenvalue weighted by Gasteiger charge is -2.32. The van der Waals surface area contributed by atoms with Gasteiger partial charge < -0.3 is 4.90 Å². The number of aromatic nitrogens is 2. The number of piperidine rings is 1. The largest absolute Gasteiger partial charge is 0.354 e. The molecule has 3 rings (SSSR count). The molecule has 1 fully saturated rings. The highest BCUT2D eigenvalue weighted by Crippen LogP contribution is 2.29. The van der Waals surface area contributed by atoms with Crippen molar-refractivity contribution >= 4 is 22.4 Å². The summed E-state index contributed by atoms with van der Waals surface area (Å²) in [4.78, 5) is 13.8. The smallest absolute Gasteiger partial charge is 0.159 e. The summed E-state index contributed by atoms with van der Waals surface area (Å²) in [5.74, 6) is 1.32. The Labute approximate surface area is 118 Å². The summed E-state index contributed by atoms with van der Waals surface area (Å²) in [5.41, 5.74) is 0.949. The third-order valence-electron chi connectivity index (χ3n) is 4.15. The van der Waals surface area contributed by atoms with E-state index in [-0.39, 0.29) is 11.7 Å². The number of aryl methyl sites for hydroxylation is 1. The van der Waals surface area contributed by atoms with Crippen molar-refractivity contribution in [2.45, 2.75) is 26.7 Å². The van der Waals surface area contributed by atoms with Crippen LogP contribution in [0.3, 0.4) is 0 Å². The molecule has 2 heterocycles. The van der Waals surface area contributed by atoms with Crippen molar-refractivity contribution in [1.29, 1.82) is 0 Å². The van der Waals surface area contributed by atoms with Crippen LogP contribution in [0.2, 0.25) is 0 Å². The van der Waals surface area contributed by atoms with E-state index in [2.05, 4.69) is 27.2 Å². The molecule has 0 spiro atoms. The van der Waals surface area contributed by atoms with Crippen LogP contribution >= 0.6 is 0 Å². The van der Waals surface area contributed by atoms with Crippen LogP contribution in [0.1, 0.15) is 25.5 Å². The Hall–Kier alpha value is -1.97. The number of nitrogens with zero attached hydrogens (tertiary/aromatic N) is 3. The van der Waals surface area contributed by atoms with Gasteiger partial charge in [-0.05, 0) is 26.7 Å². The molecule has 4 heteroatoms. The highest BCUT2D eigenvalue weighted by Gasteiger charge is 2.25. The summed E-state index contributed by atoms with van der Waals surface area (Å²) in [6.07, 6.45) is 2.02. The average molecular weight is 269 g/mol. The fourth-order valence-corrected chi connectivity index (χ4v) is 2.96. The van der Waals surface area contributed by atoms with Gasteiger partial charge in [-0.25, -0.2) is 0 Å². The molecule has 1 aliphatic heterocycles. The van der Waals surface area contributed by atoms with Gasteiger partial charge in [0, 0.05) is 29.8 Å². The summed E-state index contributed by atoms with van der Waals surface area (Å²) in [6, 6.07) is 8.22. The van der Waals surface area contributed by atoms with Gasteiger partial charge in [0.15, 0.2) is 5.82 Å². The minimum atomic E-state index is 0.130. The molecule has 1 unspecified atom stereocenters. The number of hydrogen-bond acceptors (Lipinski definition) is 4. The Morgan fingerprint density at radius 1 is 1.25 bits per heavy atom. The molecule has 2 aromatic rings. The van der Waals surface area contributed by atoms with Crippen molar-refractivity contribution < 1.29 is 4.79 Å². The lowest BCUT2D eigenvalue weighted by atomic mass is 9.94. The van der Waals surface area contributed by atoms with Gasteiger partial charge in [0.05, 0.1) is 5.69 Å². The molecule has 1 aromatic heterocycles. The first-order valence-electron chi connectivity index (χ1n) is 7.14. The van der Waals surface area contributed by atoms with E-state index in [4.69, 9.17) is 0 Å². The van der Waals surface area contributed by atoms with Gasteiger partial charge in [0.25, 0.3) is 0 Å². The maximum Gasteiger partial charge on any atom is 0.159 e. The maximum atomic E-state index is 11.6. The molecule has 104 valence electrons. The van der Waals surface area contributed by atoms with E-state index >= 15 is 0 Å². The average Bonchev–Trinajstić information content (AvgIpc) is 2.48. The molecule has 1 atom stereocenters. The zero-order valence-electron chi connectivity index (χ0n) is 12.0. The number of carbonyl (C=O) groups excluding carboxylic acids is 1. The van der Waals surface area contributed by atoms with E-state index in [0.29, 0.717) is 0 Å². The minimum Gasteiger partial charge on any atom is -0.354 e. The normalized spacial score (nSPS) is 19.3. The molecule has 0 bridgehead atoms. The fourth-order valence-electron chi connectivity index (χ4n) is 2.96. The van der Waals surface area contributed by atoms with E-state index in [0.717, 1.165) is 48.2 Å². The number of fused-ring (bicyclic) bond motifs is 1. The first kappa shape index (κ1) is 13.0. The zero-order chi connectivity index (χ0) is 14.1. The van der Waals surface area contributed by atoms with E-state index in [9.17, 15) is 4.79 Å².